The van der Waals surface area contributed by atoms with Crippen molar-refractivity contribution >= 4 is 32.6 Å². The molecule has 0 spiro atoms. The Kier molecular flexibility index (Phi) is 5.51. The maximum atomic E-state index is 14.3. The average Bonchev–Trinajstić information content (AvgIpc) is 3.46. The number of hydrogen-bond acceptors (Lipinski definition) is 4. The number of anilines is 1. The lowest BCUT2D eigenvalue weighted by molar-refractivity contribution is -0.123. The molecular formula is C24H23FN4OS. The van der Waals surface area contributed by atoms with Crippen molar-refractivity contribution in [2.24, 2.45) is 5.92 Å². The first-order valence-corrected chi connectivity index (χ1v) is 11.5. The average molecular weight is 435 g/mol. The van der Waals surface area contributed by atoms with Crippen LogP contribution < -0.4 is 4.90 Å². The molecule has 158 valence electrons. The van der Waals surface area contributed by atoms with Gasteiger partial charge in [-0.1, -0.05) is 54.9 Å². The summed E-state index contributed by atoms with van der Waals surface area (Å²) in [6, 6.07) is 14.9. The molecule has 2 aromatic heterocycles. The highest BCUT2D eigenvalue weighted by molar-refractivity contribution is 7.22. The summed E-state index contributed by atoms with van der Waals surface area (Å²) in [5, 5.41) is 0.532. The molecular weight excluding hydrogens is 411 g/mol. The minimum Gasteiger partial charge on any atom is -0.306 e. The molecule has 1 aliphatic carbocycles. The molecule has 0 radical (unpaired) electrons. The molecule has 0 aliphatic heterocycles. The Morgan fingerprint density at radius 1 is 1.10 bits per heavy atom. The Labute approximate surface area is 184 Å². The van der Waals surface area contributed by atoms with Crippen molar-refractivity contribution in [2.45, 2.75) is 38.6 Å². The van der Waals surface area contributed by atoms with E-state index in [9.17, 15) is 9.18 Å². The quantitative estimate of drug-likeness (QED) is 0.403. The number of imidazole rings is 1. The van der Waals surface area contributed by atoms with Gasteiger partial charge in [-0.15, -0.1) is 0 Å². The first-order valence-electron chi connectivity index (χ1n) is 10.6. The number of thiazole rings is 1. The van der Waals surface area contributed by atoms with E-state index in [-0.39, 0.29) is 17.6 Å². The number of aromatic nitrogens is 3. The Balaban J connectivity index is 1.48. The Bertz CT molecular complexity index is 1200. The summed E-state index contributed by atoms with van der Waals surface area (Å²) < 4.78 is 16.9. The van der Waals surface area contributed by atoms with Gasteiger partial charge in [0.2, 0.25) is 5.91 Å². The molecule has 1 saturated carbocycles. The smallest absolute Gasteiger partial charge is 0.232 e. The maximum Gasteiger partial charge on any atom is 0.232 e. The van der Waals surface area contributed by atoms with Gasteiger partial charge < -0.3 is 4.57 Å². The van der Waals surface area contributed by atoms with Gasteiger partial charge in [-0.2, -0.15) is 0 Å². The number of para-hydroxylation sites is 2. The third-order valence-corrected chi connectivity index (χ3v) is 6.86. The fourth-order valence-corrected chi connectivity index (χ4v) is 5.16. The van der Waals surface area contributed by atoms with Crippen LogP contribution in [0.4, 0.5) is 9.52 Å². The zero-order valence-electron chi connectivity index (χ0n) is 17.1. The molecule has 5 nitrogen and oxygen atoms in total. The van der Waals surface area contributed by atoms with Crippen LogP contribution in [0.25, 0.3) is 15.9 Å². The Hall–Kier alpha value is -3.06. The molecule has 0 saturated heterocycles. The minimum atomic E-state index is -0.363. The van der Waals surface area contributed by atoms with Gasteiger partial charge in [0.1, 0.15) is 11.3 Å². The summed E-state index contributed by atoms with van der Waals surface area (Å²) in [5.41, 5.74) is 2.10. The van der Waals surface area contributed by atoms with E-state index in [1.54, 1.807) is 17.3 Å². The van der Waals surface area contributed by atoms with Crippen molar-refractivity contribution in [3.05, 3.63) is 72.6 Å². The SMILES string of the molecule is O=C(C1CCCCC1)N(Cc1cn(-c2ccccc2)cn1)c1nc2c(F)cccc2s1. The standard InChI is InChI=1S/C24H23FN4OS/c25-20-12-7-13-21-22(20)27-24(31-21)29(23(30)17-8-3-1-4-9-17)15-18-14-28(16-26-18)19-10-5-2-6-11-19/h2,5-7,10-14,16-17H,1,3-4,8-9,15H2. The van der Waals surface area contributed by atoms with Crippen LogP contribution in [0, 0.1) is 11.7 Å². The largest absolute Gasteiger partial charge is 0.306 e. The third kappa shape index (κ3) is 4.10. The van der Waals surface area contributed by atoms with Crippen LogP contribution in [0.5, 0.6) is 0 Å². The number of hydrogen-bond donors (Lipinski definition) is 0. The summed E-state index contributed by atoms with van der Waals surface area (Å²) >= 11 is 1.35. The maximum absolute atomic E-state index is 14.3. The highest BCUT2D eigenvalue weighted by Gasteiger charge is 2.29. The summed E-state index contributed by atoms with van der Waals surface area (Å²) in [5.74, 6) is -0.311. The summed E-state index contributed by atoms with van der Waals surface area (Å²) in [4.78, 5) is 24.2. The molecule has 0 bridgehead atoms. The Morgan fingerprint density at radius 3 is 2.68 bits per heavy atom. The van der Waals surface area contributed by atoms with E-state index in [0.717, 1.165) is 41.8 Å². The predicted molar refractivity (Wildman–Crippen MR) is 121 cm³/mol. The highest BCUT2D eigenvalue weighted by atomic mass is 32.1. The number of carbonyl (C=O) groups is 1. The van der Waals surface area contributed by atoms with Gasteiger partial charge in [-0.05, 0) is 37.1 Å². The van der Waals surface area contributed by atoms with Crippen LogP contribution in [0.3, 0.4) is 0 Å². The van der Waals surface area contributed by atoms with Gasteiger partial charge in [0.25, 0.3) is 0 Å². The van der Waals surface area contributed by atoms with Crippen molar-refractivity contribution in [3.8, 4) is 5.69 Å². The lowest BCUT2D eigenvalue weighted by Crippen LogP contribution is -2.36. The second-order valence-electron chi connectivity index (χ2n) is 7.95. The fraction of sp³-hybridized carbons (Fsp3) is 0.292. The van der Waals surface area contributed by atoms with Crippen molar-refractivity contribution in [3.63, 3.8) is 0 Å². The molecule has 2 aromatic carbocycles. The predicted octanol–water partition coefficient (Wildman–Crippen LogP) is 5.73. The molecule has 1 amide bonds. The lowest BCUT2D eigenvalue weighted by Gasteiger charge is -2.27. The second-order valence-corrected chi connectivity index (χ2v) is 8.96. The van der Waals surface area contributed by atoms with Crippen molar-refractivity contribution in [2.75, 3.05) is 4.90 Å². The minimum absolute atomic E-state index is 0.0122. The fourth-order valence-electron chi connectivity index (χ4n) is 4.18. The third-order valence-electron chi connectivity index (χ3n) is 5.82. The van der Waals surface area contributed by atoms with E-state index in [1.807, 2.05) is 47.2 Å². The number of rotatable bonds is 5. The molecule has 2 heterocycles. The molecule has 4 aromatic rings. The Morgan fingerprint density at radius 2 is 1.90 bits per heavy atom. The number of benzene rings is 2. The van der Waals surface area contributed by atoms with Crippen LogP contribution in [0.15, 0.2) is 61.1 Å². The van der Waals surface area contributed by atoms with Gasteiger partial charge in [0.05, 0.1) is 23.3 Å². The number of amides is 1. The normalized spacial score (nSPS) is 14.7. The van der Waals surface area contributed by atoms with Crippen molar-refractivity contribution < 1.29 is 9.18 Å². The van der Waals surface area contributed by atoms with E-state index in [1.165, 1.54) is 23.8 Å². The van der Waals surface area contributed by atoms with E-state index in [4.69, 9.17) is 0 Å². The highest BCUT2D eigenvalue weighted by Crippen LogP contribution is 2.34. The van der Waals surface area contributed by atoms with Gasteiger partial charge in [0.15, 0.2) is 5.13 Å². The van der Waals surface area contributed by atoms with E-state index >= 15 is 0 Å². The van der Waals surface area contributed by atoms with Crippen LogP contribution in [0.1, 0.15) is 37.8 Å². The van der Waals surface area contributed by atoms with Gasteiger partial charge >= 0.3 is 0 Å². The van der Waals surface area contributed by atoms with Crippen molar-refractivity contribution in [1.29, 1.82) is 0 Å². The zero-order chi connectivity index (χ0) is 21.2. The molecule has 1 aliphatic rings. The summed E-state index contributed by atoms with van der Waals surface area (Å²) in [7, 11) is 0. The van der Waals surface area contributed by atoms with Crippen LogP contribution in [-0.2, 0) is 11.3 Å². The first kappa shape index (κ1) is 19.9. The summed E-state index contributed by atoms with van der Waals surface area (Å²) in [6.45, 7) is 0.316. The number of carbonyl (C=O) groups excluding carboxylic acids is 1. The van der Waals surface area contributed by atoms with E-state index in [2.05, 4.69) is 9.97 Å². The zero-order valence-corrected chi connectivity index (χ0v) is 17.9. The molecule has 7 heteroatoms. The molecule has 1 fully saturated rings. The van der Waals surface area contributed by atoms with Crippen LogP contribution >= 0.6 is 11.3 Å². The molecule has 5 rings (SSSR count). The number of halogens is 1. The number of fused-ring (bicyclic) bond motifs is 1. The van der Waals surface area contributed by atoms with Gasteiger partial charge in [-0.3, -0.25) is 9.69 Å². The molecule has 0 N–H and O–H groups in total. The van der Waals surface area contributed by atoms with E-state index < -0.39 is 0 Å². The van der Waals surface area contributed by atoms with Crippen molar-refractivity contribution in [1.82, 2.24) is 14.5 Å². The topological polar surface area (TPSA) is 51.0 Å². The second kappa shape index (κ2) is 8.59. The monoisotopic (exact) mass is 434 g/mol. The van der Waals surface area contributed by atoms with Crippen LogP contribution in [-0.4, -0.2) is 20.4 Å². The first-order chi connectivity index (χ1) is 15.2. The summed E-state index contributed by atoms with van der Waals surface area (Å²) in [6.07, 6.45) is 8.80. The molecule has 31 heavy (non-hydrogen) atoms. The van der Waals surface area contributed by atoms with Gasteiger partial charge in [0, 0.05) is 17.8 Å². The van der Waals surface area contributed by atoms with Gasteiger partial charge in [-0.25, -0.2) is 14.4 Å². The molecule has 0 atom stereocenters. The van der Waals surface area contributed by atoms with Crippen LogP contribution in [0.2, 0.25) is 0 Å². The molecule has 0 unspecified atom stereocenters. The van der Waals surface area contributed by atoms with E-state index in [0.29, 0.717) is 17.2 Å². The number of nitrogens with zero attached hydrogens (tertiary/aromatic N) is 4. The lowest BCUT2D eigenvalue weighted by atomic mass is 9.88.